The zero-order chi connectivity index (χ0) is 15.6. The molecular formula is C17H21NO3. The smallest absolute Gasteiger partial charge is 0.336 e. The van der Waals surface area contributed by atoms with Crippen LogP contribution in [0, 0.1) is 5.41 Å². The van der Waals surface area contributed by atoms with Gasteiger partial charge >= 0.3 is 5.63 Å². The summed E-state index contributed by atoms with van der Waals surface area (Å²) in [6.45, 7) is 5.76. The number of rotatable bonds is 4. The highest BCUT2D eigenvalue weighted by molar-refractivity contribution is 5.84. The summed E-state index contributed by atoms with van der Waals surface area (Å²) in [5, 5.41) is 0.881. The van der Waals surface area contributed by atoms with Gasteiger partial charge < -0.3 is 10.2 Å². The molecule has 0 spiro atoms. The molecule has 2 aromatic rings. The van der Waals surface area contributed by atoms with E-state index in [1.165, 1.54) is 6.07 Å². The Morgan fingerprint density at radius 1 is 1.24 bits per heavy atom. The van der Waals surface area contributed by atoms with Gasteiger partial charge in [-0.2, -0.15) is 0 Å². The molecule has 0 amide bonds. The molecule has 0 saturated heterocycles. The van der Waals surface area contributed by atoms with Gasteiger partial charge in [0.15, 0.2) is 0 Å². The van der Waals surface area contributed by atoms with Crippen LogP contribution in [0.15, 0.2) is 33.5 Å². The first kappa shape index (κ1) is 15.3. The van der Waals surface area contributed by atoms with Crippen molar-refractivity contribution in [1.82, 2.24) is 0 Å². The number of hydrogen-bond donors (Lipinski definition) is 1. The molecule has 4 heteroatoms. The van der Waals surface area contributed by atoms with Gasteiger partial charge in [0.1, 0.15) is 11.4 Å². The number of ketones is 1. The number of carbonyl (C=O) groups excluding carboxylic acids is 1. The Balaban J connectivity index is 2.19. The Bertz CT molecular complexity index is 723. The minimum absolute atomic E-state index is 0.235. The molecule has 21 heavy (non-hydrogen) atoms. The van der Waals surface area contributed by atoms with E-state index in [2.05, 4.69) is 0 Å². The van der Waals surface area contributed by atoms with Crippen LogP contribution in [-0.4, -0.2) is 5.78 Å². The van der Waals surface area contributed by atoms with Gasteiger partial charge in [0, 0.05) is 35.0 Å². The van der Waals surface area contributed by atoms with Gasteiger partial charge in [-0.1, -0.05) is 20.8 Å². The van der Waals surface area contributed by atoms with Crippen molar-refractivity contribution in [3.63, 3.8) is 0 Å². The number of benzene rings is 1. The maximum Gasteiger partial charge on any atom is 0.336 e. The second-order valence-corrected chi connectivity index (χ2v) is 6.37. The first-order valence-electron chi connectivity index (χ1n) is 7.13. The van der Waals surface area contributed by atoms with Crippen molar-refractivity contribution in [2.24, 2.45) is 5.41 Å². The minimum atomic E-state index is -0.384. The predicted molar refractivity (Wildman–Crippen MR) is 84.3 cm³/mol. The van der Waals surface area contributed by atoms with Crippen LogP contribution in [0.25, 0.3) is 11.0 Å². The number of Topliss-reactive ketones (excluding diaryl/α,β-unsaturated/α-hetero) is 1. The van der Waals surface area contributed by atoms with Crippen LogP contribution in [0.1, 0.15) is 39.2 Å². The molecule has 1 aromatic carbocycles. The van der Waals surface area contributed by atoms with Crippen molar-refractivity contribution in [3.8, 4) is 0 Å². The molecule has 1 heterocycles. The van der Waals surface area contributed by atoms with Crippen LogP contribution in [0.4, 0.5) is 5.69 Å². The Morgan fingerprint density at radius 3 is 2.62 bits per heavy atom. The van der Waals surface area contributed by atoms with Gasteiger partial charge in [-0.15, -0.1) is 0 Å². The van der Waals surface area contributed by atoms with Crippen molar-refractivity contribution < 1.29 is 9.21 Å². The summed E-state index contributed by atoms with van der Waals surface area (Å²) < 4.78 is 5.16. The number of hydrogen-bond acceptors (Lipinski definition) is 4. The highest BCUT2D eigenvalue weighted by atomic mass is 16.4. The van der Waals surface area contributed by atoms with Crippen LogP contribution in [0.5, 0.6) is 0 Å². The fourth-order valence-corrected chi connectivity index (χ4v) is 2.27. The lowest BCUT2D eigenvalue weighted by Crippen LogP contribution is -2.19. The third-order valence-corrected chi connectivity index (χ3v) is 3.54. The number of anilines is 1. The lowest BCUT2D eigenvalue weighted by molar-refractivity contribution is -0.126. The maximum atomic E-state index is 11.9. The topological polar surface area (TPSA) is 73.3 Å². The Morgan fingerprint density at radius 2 is 1.95 bits per heavy atom. The molecule has 0 bridgehead atoms. The number of carbonyl (C=O) groups is 1. The molecule has 2 rings (SSSR count). The summed E-state index contributed by atoms with van der Waals surface area (Å²) in [5.41, 5.74) is 6.97. The van der Waals surface area contributed by atoms with Gasteiger partial charge in [0.05, 0.1) is 0 Å². The van der Waals surface area contributed by atoms with E-state index in [0.29, 0.717) is 24.1 Å². The van der Waals surface area contributed by atoms with E-state index in [9.17, 15) is 9.59 Å². The maximum absolute atomic E-state index is 11.9. The van der Waals surface area contributed by atoms with Crippen molar-refractivity contribution in [2.75, 3.05) is 5.73 Å². The van der Waals surface area contributed by atoms with Crippen LogP contribution >= 0.6 is 0 Å². The third kappa shape index (κ3) is 3.72. The fraction of sp³-hybridized carbons (Fsp3) is 0.412. The highest BCUT2D eigenvalue weighted by Crippen LogP contribution is 2.23. The molecule has 112 valence electrons. The second kappa shape index (κ2) is 5.72. The standard InChI is InChI=1S/C17H21NO3/c1-17(2,3)15(19)6-4-5-11-9-16(20)21-14-10-12(18)7-8-13(11)14/h7-10H,4-6,18H2,1-3H3. The molecule has 4 nitrogen and oxygen atoms in total. The predicted octanol–water partition coefficient (Wildman–Crippen LogP) is 3.31. The van der Waals surface area contributed by atoms with E-state index in [1.807, 2.05) is 26.8 Å². The number of nitrogens with two attached hydrogens (primary N) is 1. The minimum Gasteiger partial charge on any atom is -0.423 e. The quantitative estimate of drug-likeness (QED) is 0.691. The molecule has 0 fully saturated rings. The molecule has 2 N–H and O–H groups in total. The first-order chi connectivity index (χ1) is 9.77. The molecule has 0 aliphatic rings. The Hall–Kier alpha value is -2.10. The van der Waals surface area contributed by atoms with E-state index in [4.69, 9.17) is 10.2 Å². The third-order valence-electron chi connectivity index (χ3n) is 3.54. The molecule has 0 aliphatic carbocycles. The van der Waals surface area contributed by atoms with Crippen molar-refractivity contribution in [1.29, 1.82) is 0 Å². The summed E-state index contributed by atoms with van der Waals surface area (Å²) in [5.74, 6) is 0.235. The lowest BCUT2D eigenvalue weighted by Gasteiger charge is -2.16. The van der Waals surface area contributed by atoms with E-state index < -0.39 is 0 Å². The lowest BCUT2D eigenvalue weighted by atomic mass is 9.87. The van der Waals surface area contributed by atoms with Crippen molar-refractivity contribution >= 4 is 22.4 Å². The van der Waals surface area contributed by atoms with Gasteiger partial charge in [0.25, 0.3) is 0 Å². The molecule has 0 aliphatic heterocycles. The number of fused-ring (bicyclic) bond motifs is 1. The van der Waals surface area contributed by atoms with Crippen LogP contribution in [0.2, 0.25) is 0 Å². The van der Waals surface area contributed by atoms with E-state index in [-0.39, 0.29) is 16.8 Å². The summed E-state index contributed by atoms with van der Waals surface area (Å²) in [4.78, 5) is 23.5. The summed E-state index contributed by atoms with van der Waals surface area (Å²) in [6.07, 6.45) is 1.91. The SMILES string of the molecule is CC(C)(C)C(=O)CCCc1cc(=O)oc2cc(N)ccc12. The van der Waals surface area contributed by atoms with Crippen molar-refractivity contribution in [2.45, 2.75) is 40.0 Å². The van der Waals surface area contributed by atoms with E-state index >= 15 is 0 Å². The molecule has 0 saturated carbocycles. The summed E-state index contributed by atoms with van der Waals surface area (Å²) in [6, 6.07) is 6.79. The highest BCUT2D eigenvalue weighted by Gasteiger charge is 2.20. The van der Waals surface area contributed by atoms with Crippen LogP contribution < -0.4 is 11.4 Å². The number of nitrogen functional groups attached to an aromatic ring is 1. The average Bonchev–Trinajstić information content (AvgIpc) is 2.36. The van der Waals surface area contributed by atoms with Gasteiger partial charge in [0.2, 0.25) is 0 Å². The summed E-state index contributed by atoms with van der Waals surface area (Å²) >= 11 is 0. The first-order valence-corrected chi connectivity index (χ1v) is 7.13. The Kier molecular flexibility index (Phi) is 4.16. The Labute approximate surface area is 124 Å². The average molecular weight is 287 g/mol. The summed E-state index contributed by atoms with van der Waals surface area (Å²) in [7, 11) is 0. The molecule has 0 unspecified atom stereocenters. The fourth-order valence-electron chi connectivity index (χ4n) is 2.27. The monoisotopic (exact) mass is 287 g/mol. The zero-order valence-electron chi connectivity index (χ0n) is 12.7. The van der Waals surface area contributed by atoms with Gasteiger partial charge in [-0.25, -0.2) is 4.79 Å². The van der Waals surface area contributed by atoms with Crippen LogP contribution in [-0.2, 0) is 11.2 Å². The molecular weight excluding hydrogens is 266 g/mol. The largest absolute Gasteiger partial charge is 0.423 e. The van der Waals surface area contributed by atoms with Crippen LogP contribution in [0.3, 0.4) is 0 Å². The molecule has 1 aromatic heterocycles. The number of aryl methyl sites for hydroxylation is 1. The zero-order valence-corrected chi connectivity index (χ0v) is 12.7. The molecule has 0 radical (unpaired) electrons. The van der Waals surface area contributed by atoms with Gasteiger partial charge in [-0.3, -0.25) is 4.79 Å². The van der Waals surface area contributed by atoms with E-state index in [1.54, 1.807) is 12.1 Å². The van der Waals surface area contributed by atoms with Crippen molar-refractivity contribution in [3.05, 3.63) is 40.2 Å². The second-order valence-electron chi connectivity index (χ2n) is 6.37. The van der Waals surface area contributed by atoms with Gasteiger partial charge in [-0.05, 0) is 30.5 Å². The van der Waals surface area contributed by atoms with E-state index in [0.717, 1.165) is 17.4 Å². The normalized spacial score (nSPS) is 11.8. The molecule has 0 atom stereocenters.